The van der Waals surface area contributed by atoms with E-state index in [2.05, 4.69) is 11.8 Å². The number of hydrogen-bond acceptors (Lipinski definition) is 4. The highest BCUT2D eigenvalue weighted by molar-refractivity contribution is 7.89. The van der Waals surface area contributed by atoms with Gasteiger partial charge in [-0.05, 0) is 26.0 Å². The van der Waals surface area contributed by atoms with E-state index in [4.69, 9.17) is 9.84 Å². The topological polar surface area (TPSA) is 66.8 Å². The predicted molar refractivity (Wildman–Crippen MR) is 79.2 cm³/mol. The van der Waals surface area contributed by atoms with E-state index >= 15 is 0 Å². The van der Waals surface area contributed by atoms with Gasteiger partial charge in [0.15, 0.2) is 0 Å². The highest BCUT2D eigenvalue weighted by Gasteiger charge is 2.40. The summed E-state index contributed by atoms with van der Waals surface area (Å²) < 4.78 is 32.7. The number of rotatable bonds is 2. The van der Waals surface area contributed by atoms with Crippen molar-refractivity contribution in [2.24, 2.45) is 0 Å². The average molecular weight is 309 g/mol. The predicted octanol–water partition coefficient (Wildman–Crippen LogP) is 0.830. The third kappa shape index (κ3) is 3.27. The fourth-order valence-corrected chi connectivity index (χ4v) is 4.24. The number of hydrogen-bond donors (Lipinski definition) is 1. The minimum Gasteiger partial charge on any atom is -0.384 e. The van der Waals surface area contributed by atoms with Crippen LogP contribution in [0, 0.1) is 11.8 Å². The fraction of sp³-hybridized carbons (Fsp3) is 0.467. The smallest absolute Gasteiger partial charge is 0.244 e. The highest BCUT2D eigenvalue weighted by Crippen LogP contribution is 2.28. The molecular formula is C15H19NO4S. The Balaban J connectivity index is 2.49. The summed E-state index contributed by atoms with van der Waals surface area (Å²) in [6.07, 6.45) is 0. The molecule has 21 heavy (non-hydrogen) atoms. The van der Waals surface area contributed by atoms with Gasteiger partial charge in [0.2, 0.25) is 10.0 Å². The Kier molecular flexibility index (Phi) is 4.69. The molecule has 0 saturated carbocycles. The molecule has 1 aliphatic heterocycles. The summed E-state index contributed by atoms with van der Waals surface area (Å²) in [5, 5.41) is 8.80. The van der Waals surface area contributed by atoms with Gasteiger partial charge >= 0.3 is 0 Å². The van der Waals surface area contributed by atoms with Crippen LogP contribution < -0.4 is 0 Å². The van der Waals surface area contributed by atoms with Crippen molar-refractivity contribution < 1.29 is 18.3 Å². The van der Waals surface area contributed by atoms with E-state index in [9.17, 15) is 8.42 Å². The Morgan fingerprint density at radius 1 is 1.38 bits per heavy atom. The van der Waals surface area contributed by atoms with Crippen molar-refractivity contribution in [2.45, 2.75) is 24.3 Å². The van der Waals surface area contributed by atoms with Gasteiger partial charge in [-0.2, -0.15) is 4.31 Å². The van der Waals surface area contributed by atoms with Crippen molar-refractivity contribution in [1.82, 2.24) is 4.31 Å². The van der Waals surface area contributed by atoms with E-state index in [1.165, 1.54) is 4.31 Å². The van der Waals surface area contributed by atoms with E-state index in [0.717, 1.165) is 0 Å². The molecule has 1 heterocycles. The Hall–Kier alpha value is -1.39. The molecule has 0 bridgehead atoms. The van der Waals surface area contributed by atoms with Gasteiger partial charge in [0.25, 0.3) is 0 Å². The first-order chi connectivity index (χ1) is 9.89. The van der Waals surface area contributed by atoms with Gasteiger partial charge in [0, 0.05) is 12.1 Å². The van der Waals surface area contributed by atoms with Gasteiger partial charge in [-0.25, -0.2) is 8.42 Å². The zero-order chi connectivity index (χ0) is 15.5. The Morgan fingerprint density at radius 2 is 2.10 bits per heavy atom. The Bertz CT molecular complexity index is 670. The minimum absolute atomic E-state index is 0.168. The van der Waals surface area contributed by atoms with Crippen molar-refractivity contribution >= 4 is 10.0 Å². The van der Waals surface area contributed by atoms with Gasteiger partial charge in [-0.3, -0.25) is 0 Å². The quantitative estimate of drug-likeness (QED) is 0.822. The summed E-state index contributed by atoms with van der Waals surface area (Å²) in [4.78, 5) is 0.168. The molecule has 0 unspecified atom stereocenters. The molecule has 114 valence electrons. The van der Waals surface area contributed by atoms with Crippen molar-refractivity contribution in [2.75, 3.05) is 26.4 Å². The first-order valence-corrected chi connectivity index (χ1v) is 8.13. The van der Waals surface area contributed by atoms with Crippen LogP contribution in [0.25, 0.3) is 0 Å². The molecule has 1 saturated heterocycles. The molecule has 0 aromatic heterocycles. The van der Waals surface area contributed by atoms with Crippen molar-refractivity contribution in [3.05, 3.63) is 29.8 Å². The lowest BCUT2D eigenvalue weighted by Crippen LogP contribution is -2.55. The van der Waals surface area contributed by atoms with Gasteiger partial charge in [-0.15, -0.1) is 0 Å². The Morgan fingerprint density at radius 3 is 2.76 bits per heavy atom. The van der Waals surface area contributed by atoms with E-state index in [-0.39, 0.29) is 11.5 Å². The van der Waals surface area contributed by atoms with E-state index in [0.29, 0.717) is 25.3 Å². The molecule has 6 heteroatoms. The third-order valence-electron chi connectivity index (χ3n) is 3.33. The summed E-state index contributed by atoms with van der Waals surface area (Å²) in [6.45, 7) is 4.43. The van der Waals surface area contributed by atoms with Crippen LogP contribution in [0.15, 0.2) is 29.2 Å². The zero-order valence-electron chi connectivity index (χ0n) is 12.2. The molecular weight excluding hydrogens is 290 g/mol. The van der Waals surface area contributed by atoms with Gasteiger partial charge in [-0.1, -0.05) is 24.0 Å². The maximum absolute atomic E-state index is 12.9. The maximum atomic E-state index is 12.9. The van der Waals surface area contributed by atoms with E-state index in [1.54, 1.807) is 24.3 Å². The number of morpholine rings is 1. The monoisotopic (exact) mass is 309 g/mol. The lowest BCUT2D eigenvalue weighted by atomic mass is 10.1. The third-order valence-corrected chi connectivity index (χ3v) is 5.50. The molecule has 1 fully saturated rings. The normalized spacial score (nSPS) is 18.8. The zero-order valence-corrected chi connectivity index (χ0v) is 13.0. The van der Waals surface area contributed by atoms with Crippen molar-refractivity contribution in [3.63, 3.8) is 0 Å². The SMILES string of the molecule is CC1(C)COCCN1S(=O)(=O)c1ccccc1C#CCO. The first-order valence-electron chi connectivity index (χ1n) is 6.69. The van der Waals surface area contributed by atoms with Crippen LogP contribution in [0.2, 0.25) is 0 Å². The number of nitrogens with zero attached hydrogens (tertiary/aromatic N) is 1. The van der Waals surface area contributed by atoms with Crippen LogP contribution in [-0.2, 0) is 14.8 Å². The van der Waals surface area contributed by atoms with Crippen LogP contribution in [0.4, 0.5) is 0 Å². The van der Waals surface area contributed by atoms with Gasteiger partial charge in [0.05, 0.1) is 23.6 Å². The molecule has 0 atom stereocenters. The lowest BCUT2D eigenvalue weighted by molar-refractivity contribution is -0.00771. The van der Waals surface area contributed by atoms with E-state index in [1.807, 2.05) is 13.8 Å². The first kappa shape index (κ1) is 16.0. The molecule has 0 radical (unpaired) electrons. The molecule has 0 spiro atoms. The average Bonchev–Trinajstić information content (AvgIpc) is 2.44. The standard InChI is InChI=1S/C15H19NO4S/c1-15(2)12-20-11-9-16(15)21(18,19)14-8-4-3-6-13(14)7-5-10-17/h3-4,6,8,17H,9-12H2,1-2H3. The summed E-state index contributed by atoms with van der Waals surface area (Å²) in [5.41, 5.74) is -0.206. The second kappa shape index (κ2) is 6.16. The van der Waals surface area contributed by atoms with Crippen LogP contribution >= 0.6 is 0 Å². The van der Waals surface area contributed by atoms with Crippen LogP contribution in [-0.4, -0.2) is 49.7 Å². The van der Waals surface area contributed by atoms with Crippen LogP contribution in [0.3, 0.4) is 0 Å². The van der Waals surface area contributed by atoms with Crippen LogP contribution in [0.5, 0.6) is 0 Å². The van der Waals surface area contributed by atoms with E-state index < -0.39 is 15.6 Å². The van der Waals surface area contributed by atoms with Gasteiger partial charge in [0.1, 0.15) is 6.61 Å². The van der Waals surface area contributed by atoms with Crippen molar-refractivity contribution in [1.29, 1.82) is 0 Å². The van der Waals surface area contributed by atoms with Gasteiger partial charge < -0.3 is 9.84 Å². The Labute approximate surface area is 125 Å². The van der Waals surface area contributed by atoms with Crippen LogP contribution in [0.1, 0.15) is 19.4 Å². The maximum Gasteiger partial charge on any atom is 0.244 e. The molecule has 1 aromatic carbocycles. The summed E-state index contributed by atoms with van der Waals surface area (Å²) in [5.74, 6) is 5.20. The van der Waals surface area contributed by atoms with Crippen molar-refractivity contribution in [3.8, 4) is 11.8 Å². The molecule has 0 aliphatic carbocycles. The molecule has 5 nitrogen and oxygen atoms in total. The fourth-order valence-electron chi connectivity index (χ4n) is 2.34. The second-order valence-electron chi connectivity index (χ2n) is 5.40. The largest absolute Gasteiger partial charge is 0.384 e. The number of ether oxygens (including phenoxy) is 1. The highest BCUT2D eigenvalue weighted by atomic mass is 32.2. The number of benzene rings is 1. The summed E-state index contributed by atoms with van der Waals surface area (Å²) >= 11 is 0. The summed E-state index contributed by atoms with van der Waals surface area (Å²) in [7, 11) is -3.66. The molecule has 1 N–H and O–H groups in total. The molecule has 1 aromatic rings. The second-order valence-corrected chi connectivity index (χ2v) is 7.23. The number of aliphatic hydroxyl groups excluding tert-OH is 1. The number of aliphatic hydroxyl groups is 1. The minimum atomic E-state index is -3.66. The lowest BCUT2D eigenvalue weighted by Gasteiger charge is -2.40. The molecule has 2 rings (SSSR count). The molecule has 1 aliphatic rings. The number of sulfonamides is 1. The molecule has 0 amide bonds. The summed E-state index contributed by atoms with van der Waals surface area (Å²) in [6, 6.07) is 6.58.